The molecule has 32 heavy (non-hydrogen) atoms. The van der Waals surface area contributed by atoms with Crippen molar-refractivity contribution >= 4 is 23.5 Å². The molecular formula is C25H40N4O3. The number of hydrogen-bond donors (Lipinski definition) is 1. The zero-order valence-corrected chi connectivity index (χ0v) is 20.2. The van der Waals surface area contributed by atoms with Crippen LogP contribution in [0.15, 0.2) is 24.3 Å². The van der Waals surface area contributed by atoms with Crippen LogP contribution in [0.1, 0.15) is 59.8 Å². The lowest BCUT2D eigenvalue weighted by Gasteiger charge is -2.41. The molecule has 3 amide bonds. The normalized spacial score (nSPS) is 18.5. The van der Waals surface area contributed by atoms with Gasteiger partial charge in [0.15, 0.2) is 0 Å². The molecule has 7 nitrogen and oxygen atoms in total. The number of rotatable bonds is 5. The Morgan fingerprint density at radius 3 is 2.00 bits per heavy atom. The maximum absolute atomic E-state index is 12.3. The number of piperidine rings is 2. The van der Waals surface area contributed by atoms with E-state index in [1.165, 1.54) is 18.5 Å². The highest BCUT2D eigenvalue weighted by Gasteiger charge is 2.32. The second-order valence-electron chi connectivity index (χ2n) is 10.1. The summed E-state index contributed by atoms with van der Waals surface area (Å²) in [6, 6.07) is 7.78. The van der Waals surface area contributed by atoms with E-state index in [4.69, 9.17) is 10.5 Å². The summed E-state index contributed by atoms with van der Waals surface area (Å²) in [7, 11) is 0. The number of urea groups is 1. The molecule has 0 aromatic heterocycles. The highest BCUT2D eigenvalue weighted by molar-refractivity contribution is 5.90. The first-order valence-corrected chi connectivity index (χ1v) is 12.1. The third-order valence-corrected chi connectivity index (χ3v) is 6.64. The van der Waals surface area contributed by atoms with E-state index in [0.717, 1.165) is 57.0 Å². The van der Waals surface area contributed by atoms with E-state index in [2.05, 4.69) is 17.0 Å². The lowest BCUT2D eigenvalue weighted by atomic mass is 9.79. The van der Waals surface area contributed by atoms with E-state index in [1.807, 2.05) is 44.7 Å². The maximum Gasteiger partial charge on any atom is 0.410 e. The lowest BCUT2D eigenvalue weighted by molar-refractivity contribution is 0.0152. The molecule has 2 aliphatic heterocycles. The van der Waals surface area contributed by atoms with Gasteiger partial charge in [-0.25, -0.2) is 9.59 Å². The number of carbonyl (C=O) groups is 2. The molecule has 0 saturated carbocycles. The average Bonchev–Trinajstić information content (AvgIpc) is 2.76. The predicted molar refractivity (Wildman–Crippen MR) is 129 cm³/mol. The number of primary amides is 1. The average molecular weight is 445 g/mol. The first-order chi connectivity index (χ1) is 15.2. The Morgan fingerprint density at radius 2 is 1.53 bits per heavy atom. The van der Waals surface area contributed by atoms with Crippen molar-refractivity contribution in [2.24, 2.45) is 17.6 Å². The zero-order chi connectivity index (χ0) is 23.3. The Hall–Kier alpha value is -2.44. The summed E-state index contributed by atoms with van der Waals surface area (Å²) < 4.78 is 5.52. The monoisotopic (exact) mass is 444 g/mol. The third kappa shape index (κ3) is 6.30. The maximum atomic E-state index is 12.3. The highest BCUT2D eigenvalue weighted by atomic mass is 16.6. The summed E-state index contributed by atoms with van der Waals surface area (Å²) in [6.07, 6.45) is 5.19. The molecule has 3 rings (SSSR count). The van der Waals surface area contributed by atoms with Crippen LogP contribution in [0.4, 0.5) is 21.0 Å². The van der Waals surface area contributed by atoms with Gasteiger partial charge in [0.05, 0.1) is 0 Å². The number of nitrogens with zero attached hydrogens (tertiary/aromatic N) is 3. The number of benzene rings is 1. The number of amides is 3. The van der Waals surface area contributed by atoms with Gasteiger partial charge in [-0.05, 0) is 89.0 Å². The molecule has 0 bridgehead atoms. The Morgan fingerprint density at radius 1 is 1.00 bits per heavy atom. The van der Waals surface area contributed by atoms with Crippen LogP contribution in [-0.2, 0) is 4.74 Å². The lowest BCUT2D eigenvalue weighted by Crippen LogP contribution is -2.44. The van der Waals surface area contributed by atoms with Crippen molar-refractivity contribution in [3.8, 4) is 0 Å². The minimum Gasteiger partial charge on any atom is -0.444 e. The molecule has 2 fully saturated rings. The van der Waals surface area contributed by atoms with Crippen molar-refractivity contribution in [2.75, 3.05) is 42.5 Å². The molecule has 2 saturated heterocycles. The molecule has 0 aliphatic carbocycles. The molecule has 7 heteroatoms. The second kappa shape index (κ2) is 10.5. The molecule has 2 aliphatic rings. The third-order valence-electron chi connectivity index (χ3n) is 6.64. The van der Waals surface area contributed by atoms with Gasteiger partial charge in [0, 0.05) is 44.1 Å². The van der Waals surface area contributed by atoms with Gasteiger partial charge in [-0.3, -0.25) is 4.90 Å². The van der Waals surface area contributed by atoms with Crippen LogP contribution in [0.5, 0.6) is 0 Å². The van der Waals surface area contributed by atoms with Crippen LogP contribution < -0.4 is 15.5 Å². The van der Waals surface area contributed by atoms with E-state index in [-0.39, 0.29) is 6.09 Å². The summed E-state index contributed by atoms with van der Waals surface area (Å²) >= 11 is 0. The van der Waals surface area contributed by atoms with Crippen molar-refractivity contribution in [3.05, 3.63) is 24.3 Å². The van der Waals surface area contributed by atoms with Gasteiger partial charge >= 0.3 is 12.1 Å². The molecular weight excluding hydrogens is 404 g/mol. The zero-order valence-electron chi connectivity index (χ0n) is 20.2. The van der Waals surface area contributed by atoms with Gasteiger partial charge in [0.2, 0.25) is 0 Å². The van der Waals surface area contributed by atoms with E-state index < -0.39 is 11.6 Å². The number of likely N-dealkylation sites (tertiary alicyclic amines) is 1. The number of hydrogen-bond acceptors (Lipinski definition) is 4. The van der Waals surface area contributed by atoms with Gasteiger partial charge < -0.3 is 20.3 Å². The van der Waals surface area contributed by atoms with Gasteiger partial charge in [-0.1, -0.05) is 6.92 Å². The number of nitrogens with two attached hydrogens (primary N) is 1. The molecule has 2 N–H and O–H groups in total. The smallest absolute Gasteiger partial charge is 0.410 e. The minimum atomic E-state index is -0.437. The molecule has 1 aromatic carbocycles. The molecule has 0 spiro atoms. The number of anilines is 2. The molecule has 0 unspecified atom stereocenters. The molecule has 178 valence electrons. The van der Waals surface area contributed by atoms with E-state index in [1.54, 1.807) is 4.90 Å². The number of ether oxygens (including phenoxy) is 1. The second-order valence-corrected chi connectivity index (χ2v) is 10.1. The van der Waals surface area contributed by atoms with Gasteiger partial charge in [-0.2, -0.15) is 0 Å². The van der Waals surface area contributed by atoms with Crippen LogP contribution in [-0.4, -0.2) is 55.3 Å². The fourth-order valence-electron chi connectivity index (χ4n) is 4.94. The van der Waals surface area contributed by atoms with Crippen LogP contribution in [0, 0.1) is 11.8 Å². The first-order valence-electron chi connectivity index (χ1n) is 12.1. The topological polar surface area (TPSA) is 79.1 Å². The Bertz CT molecular complexity index is 758. The molecule has 1 aromatic rings. The minimum absolute atomic E-state index is 0.178. The standard InChI is InChI=1S/C25H40N4O3/c1-5-14-29(23(26)30)22-8-6-21(7-9-22)27-15-10-19(11-16-27)20-12-17-28(18-13-20)24(31)32-25(2,3)4/h6-9,19-20H,5,10-18H2,1-4H3,(H2,26,30). The highest BCUT2D eigenvalue weighted by Crippen LogP contribution is 2.34. The van der Waals surface area contributed by atoms with E-state index >= 15 is 0 Å². The van der Waals surface area contributed by atoms with Gasteiger partial charge in [0.1, 0.15) is 5.60 Å². The van der Waals surface area contributed by atoms with Gasteiger partial charge in [-0.15, -0.1) is 0 Å². The van der Waals surface area contributed by atoms with Crippen LogP contribution in [0.25, 0.3) is 0 Å². The van der Waals surface area contributed by atoms with Crippen molar-refractivity contribution in [2.45, 2.75) is 65.4 Å². The molecule has 0 atom stereocenters. The number of carbonyl (C=O) groups excluding carboxylic acids is 2. The van der Waals surface area contributed by atoms with Gasteiger partial charge in [0.25, 0.3) is 0 Å². The predicted octanol–water partition coefficient (Wildman–Crippen LogP) is 4.85. The first kappa shape index (κ1) is 24.2. The fourth-order valence-corrected chi connectivity index (χ4v) is 4.94. The summed E-state index contributed by atoms with van der Waals surface area (Å²) in [4.78, 5) is 29.9. The molecule has 2 heterocycles. The Labute approximate surface area is 192 Å². The molecule has 0 radical (unpaired) electrons. The Kier molecular flexibility index (Phi) is 7.91. The summed E-state index contributed by atoms with van der Waals surface area (Å²) in [5.41, 5.74) is 7.14. The van der Waals surface area contributed by atoms with E-state index in [0.29, 0.717) is 12.5 Å². The van der Waals surface area contributed by atoms with Crippen LogP contribution >= 0.6 is 0 Å². The fraction of sp³-hybridized carbons (Fsp3) is 0.680. The quantitative estimate of drug-likeness (QED) is 0.704. The van der Waals surface area contributed by atoms with Crippen molar-refractivity contribution in [3.63, 3.8) is 0 Å². The van der Waals surface area contributed by atoms with Crippen LogP contribution in [0.2, 0.25) is 0 Å². The summed E-state index contributed by atoms with van der Waals surface area (Å²) in [5.74, 6) is 1.41. The van der Waals surface area contributed by atoms with E-state index in [9.17, 15) is 9.59 Å². The summed E-state index contributed by atoms with van der Waals surface area (Å²) in [5, 5.41) is 0. The van der Waals surface area contributed by atoms with Crippen molar-refractivity contribution in [1.82, 2.24) is 4.90 Å². The summed E-state index contributed by atoms with van der Waals surface area (Å²) in [6.45, 7) is 12.1. The SMILES string of the molecule is CCCN(C(N)=O)c1ccc(N2CCC(C3CCN(C(=O)OC(C)(C)C)CC3)CC2)cc1. The largest absolute Gasteiger partial charge is 0.444 e. The van der Waals surface area contributed by atoms with Crippen LogP contribution in [0.3, 0.4) is 0 Å². The Balaban J connectivity index is 1.47. The van der Waals surface area contributed by atoms with Crippen molar-refractivity contribution in [1.29, 1.82) is 0 Å². The van der Waals surface area contributed by atoms with Crippen molar-refractivity contribution < 1.29 is 14.3 Å².